The summed E-state index contributed by atoms with van der Waals surface area (Å²) in [5.74, 6) is 0.606. The molecular weight excluding hydrogens is 308 g/mol. The summed E-state index contributed by atoms with van der Waals surface area (Å²) in [7, 11) is -3.76. The molecule has 21 heavy (non-hydrogen) atoms. The van der Waals surface area contributed by atoms with Crippen LogP contribution in [0.4, 0.5) is 5.69 Å². The minimum Gasteiger partial charge on any atom is -0.389 e. The number of anilines is 1. The number of aromatic amines is 1. The van der Waals surface area contributed by atoms with Gasteiger partial charge in [0.05, 0.1) is 11.9 Å². The lowest BCUT2D eigenvalue weighted by molar-refractivity contribution is 0.598. The molecule has 0 saturated heterocycles. The van der Waals surface area contributed by atoms with Gasteiger partial charge < -0.3 is 10.7 Å². The average Bonchev–Trinajstić information content (AvgIpc) is 2.87. The van der Waals surface area contributed by atoms with Crippen LogP contribution >= 0.6 is 12.2 Å². The highest BCUT2D eigenvalue weighted by Crippen LogP contribution is 2.22. The van der Waals surface area contributed by atoms with E-state index in [1.54, 1.807) is 12.1 Å². The summed E-state index contributed by atoms with van der Waals surface area (Å²) in [6, 6.07) is 5.17. The lowest BCUT2D eigenvalue weighted by Crippen LogP contribution is -2.19. The summed E-state index contributed by atoms with van der Waals surface area (Å²) in [6.45, 7) is 3.70. The molecule has 0 aliphatic rings. The van der Waals surface area contributed by atoms with Gasteiger partial charge in [-0.2, -0.15) is 8.42 Å². The van der Waals surface area contributed by atoms with Crippen molar-refractivity contribution in [1.82, 2.24) is 9.97 Å². The van der Waals surface area contributed by atoms with Gasteiger partial charge in [-0.25, -0.2) is 4.98 Å². The number of thiocarbonyl (C=S) groups is 1. The van der Waals surface area contributed by atoms with Crippen LogP contribution in [0, 0.1) is 6.92 Å². The van der Waals surface area contributed by atoms with Gasteiger partial charge in [0, 0.05) is 12.0 Å². The lowest BCUT2D eigenvalue weighted by atomic mass is 10.1. The topological polar surface area (TPSA) is 101 Å². The molecule has 0 spiro atoms. The number of nitrogens with zero attached hydrogens (tertiary/aromatic N) is 1. The van der Waals surface area contributed by atoms with Crippen molar-refractivity contribution in [3.63, 3.8) is 0 Å². The molecule has 4 N–H and O–H groups in total. The number of imidazole rings is 1. The van der Waals surface area contributed by atoms with Crippen LogP contribution < -0.4 is 10.5 Å². The van der Waals surface area contributed by atoms with Crippen molar-refractivity contribution in [3.05, 3.63) is 41.3 Å². The van der Waals surface area contributed by atoms with E-state index in [4.69, 9.17) is 18.0 Å². The molecule has 0 fully saturated rings. The third-order valence-electron chi connectivity index (χ3n) is 2.99. The SMILES string of the molecule is CCc1ncc(S(=O)(=O)Nc2cccc(C)c2C(N)=S)[nH]1. The Bertz CT molecular complexity index is 781. The predicted molar refractivity (Wildman–Crippen MR) is 85.8 cm³/mol. The van der Waals surface area contributed by atoms with Crippen LogP contribution in [-0.4, -0.2) is 23.4 Å². The first-order valence-electron chi connectivity index (χ1n) is 6.31. The zero-order chi connectivity index (χ0) is 15.6. The summed E-state index contributed by atoms with van der Waals surface area (Å²) in [5.41, 5.74) is 7.36. The normalized spacial score (nSPS) is 11.3. The molecule has 6 nitrogen and oxygen atoms in total. The minimum atomic E-state index is -3.76. The van der Waals surface area contributed by atoms with Crippen molar-refractivity contribution in [1.29, 1.82) is 0 Å². The van der Waals surface area contributed by atoms with Crippen LogP contribution in [0.2, 0.25) is 0 Å². The molecule has 1 aromatic carbocycles. The number of nitrogens with two attached hydrogens (primary N) is 1. The fourth-order valence-corrected chi connectivity index (χ4v) is 3.22. The van der Waals surface area contributed by atoms with Crippen molar-refractivity contribution in [2.24, 2.45) is 5.73 Å². The number of benzene rings is 1. The molecule has 1 aromatic heterocycles. The Balaban J connectivity index is 2.42. The number of aryl methyl sites for hydroxylation is 2. The second kappa shape index (κ2) is 5.82. The molecule has 0 atom stereocenters. The minimum absolute atomic E-state index is 0.00902. The van der Waals surface area contributed by atoms with Crippen LogP contribution in [0.5, 0.6) is 0 Å². The summed E-state index contributed by atoms with van der Waals surface area (Å²) in [4.78, 5) is 6.90. The molecular formula is C13H16N4O2S2. The fourth-order valence-electron chi connectivity index (χ4n) is 1.94. The number of sulfonamides is 1. The van der Waals surface area contributed by atoms with E-state index in [9.17, 15) is 8.42 Å². The maximum absolute atomic E-state index is 12.4. The van der Waals surface area contributed by atoms with E-state index in [-0.39, 0.29) is 10.0 Å². The Morgan fingerprint density at radius 1 is 1.48 bits per heavy atom. The summed E-state index contributed by atoms with van der Waals surface area (Å²) in [5, 5.41) is 0.00902. The number of nitrogens with one attached hydrogen (secondary N) is 2. The number of hydrogen-bond donors (Lipinski definition) is 3. The molecule has 2 rings (SSSR count). The van der Waals surface area contributed by atoms with Crippen LogP contribution in [0.15, 0.2) is 29.4 Å². The smallest absolute Gasteiger partial charge is 0.279 e. The maximum Gasteiger partial charge on any atom is 0.279 e. The van der Waals surface area contributed by atoms with Crippen LogP contribution in [-0.2, 0) is 16.4 Å². The summed E-state index contributed by atoms with van der Waals surface area (Å²) in [6.07, 6.45) is 1.91. The first kappa shape index (κ1) is 15.5. The Labute approximate surface area is 128 Å². The van der Waals surface area contributed by atoms with Gasteiger partial charge in [0.1, 0.15) is 10.8 Å². The zero-order valence-electron chi connectivity index (χ0n) is 11.7. The quantitative estimate of drug-likeness (QED) is 0.727. The van der Waals surface area contributed by atoms with Gasteiger partial charge in [0.25, 0.3) is 10.0 Å². The molecule has 0 aliphatic heterocycles. The average molecular weight is 324 g/mol. The Morgan fingerprint density at radius 3 is 2.76 bits per heavy atom. The van der Waals surface area contributed by atoms with Gasteiger partial charge in [0.2, 0.25) is 0 Å². The van der Waals surface area contributed by atoms with Crippen LogP contribution in [0.1, 0.15) is 23.9 Å². The molecule has 0 unspecified atom stereocenters. The van der Waals surface area contributed by atoms with E-state index in [1.165, 1.54) is 6.20 Å². The molecule has 0 radical (unpaired) electrons. The molecule has 0 saturated carbocycles. The number of H-pyrrole nitrogens is 1. The highest BCUT2D eigenvalue weighted by atomic mass is 32.2. The molecule has 1 heterocycles. The monoisotopic (exact) mass is 324 g/mol. The van der Waals surface area contributed by atoms with Gasteiger partial charge in [0.15, 0.2) is 5.03 Å². The Kier molecular flexibility index (Phi) is 4.29. The second-order valence-electron chi connectivity index (χ2n) is 4.51. The van der Waals surface area contributed by atoms with Gasteiger partial charge in [-0.15, -0.1) is 0 Å². The molecule has 0 amide bonds. The Morgan fingerprint density at radius 2 is 2.19 bits per heavy atom. The van der Waals surface area contributed by atoms with Crippen molar-refractivity contribution in [2.75, 3.05) is 4.72 Å². The molecule has 0 aliphatic carbocycles. The molecule has 112 valence electrons. The molecule has 0 bridgehead atoms. The zero-order valence-corrected chi connectivity index (χ0v) is 13.3. The van der Waals surface area contributed by atoms with Crippen molar-refractivity contribution in [3.8, 4) is 0 Å². The standard InChI is InChI=1S/C13H16N4O2S2/c1-3-10-15-7-11(16-10)21(18,19)17-9-6-4-5-8(2)12(9)13(14)20/h4-7,17H,3H2,1-2H3,(H2,14,20)(H,15,16). The highest BCUT2D eigenvalue weighted by Gasteiger charge is 2.19. The summed E-state index contributed by atoms with van der Waals surface area (Å²) < 4.78 is 27.2. The van der Waals surface area contributed by atoms with E-state index in [2.05, 4.69) is 14.7 Å². The van der Waals surface area contributed by atoms with Crippen LogP contribution in [0.3, 0.4) is 0 Å². The predicted octanol–water partition coefficient (Wildman–Crippen LogP) is 1.72. The van der Waals surface area contributed by atoms with Crippen molar-refractivity contribution < 1.29 is 8.42 Å². The van der Waals surface area contributed by atoms with Gasteiger partial charge >= 0.3 is 0 Å². The second-order valence-corrected chi connectivity index (χ2v) is 6.61. The van der Waals surface area contributed by atoms with Crippen molar-refractivity contribution >= 4 is 32.9 Å². The maximum atomic E-state index is 12.4. The van der Waals surface area contributed by atoms with E-state index in [0.29, 0.717) is 23.5 Å². The number of rotatable bonds is 5. The lowest BCUT2D eigenvalue weighted by Gasteiger charge is -2.13. The molecule has 8 heteroatoms. The third-order valence-corrected chi connectivity index (χ3v) is 4.47. The largest absolute Gasteiger partial charge is 0.389 e. The van der Waals surface area contributed by atoms with Gasteiger partial charge in [-0.3, -0.25) is 4.72 Å². The van der Waals surface area contributed by atoms with E-state index >= 15 is 0 Å². The van der Waals surface area contributed by atoms with Crippen LogP contribution in [0.25, 0.3) is 0 Å². The van der Waals surface area contributed by atoms with E-state index in [0.717, 1.165) is 5.56 Å². The first-order valence-corrected chi connectivity index (χ1v) is 8.20. The number of aromatic nitrogens is 2. The fraction of sp³-hybridized carbons (Fsp3) is 0.231. The molecule has 2 aromatic rings. The van der Waals surface area contributed by atoms with Gasteiger partial charge in [-0.1, -0.05) is 31.3 Å². The number of hydrogen-bond acceptors (Lipinski definition) is 4. The first-order chi connectivity index (χ1) is 9.85. The van der Waals surface area contributed by atoms with E-state index in [1.807, 2.05) is 19.9 Å². The highest BCUT2D eigenvalue weighted by molar-refractivity contribution is 7.92. The van der Waals surface area contributed by atoms with Crippen molar-refractivity contribution in [2.45, 2.75) is 25.3 Å². The van der Waals surface area contributed by atoms with Gasteiger partial charge in [-0.05, 0) is 18.6 Å². The third kappa shape index (κ3) is 3.22. The summed E-state index contributed by atoms with van der Waals surface area (Å²) >= 11 is 4.99. The Hall–Kier alpha value is -1.93. The van der Waals surface area contributed by atoms with E-state index < -0.39 is 10.0 Å².